The summed E-state index contributed by atoms with van der Waals surface area (Å²) in [7, 11) is -1.58. The maximum atomic E-state index is 12.7. The Morgan fingerprint density at radius 1 is 1.00 bits per heavy atom. The van der Waals surface area contributed by atoms with Crippen LogP contribution in [0.15, 0.2) is 82.2 Å². The Morgan fingerprint density at radius 2 is 1.71 bits per heavy atom. The molecule has 3 aromatic rings. The zero-order chi connectivity index (χ0) is 20.0. The molecule has 0 saturated carbocycles. The summed E-state index contributed by atoms with van der Waals surface area (Å²) < 4.78 is 29.2. The second-order valence-electron chi connectivity index (χ2n) is 6.59. The second kappa shape index (κ2) is 9.47. The van der Waals surface area contributed by atoms with E-state index in [-0.39, 0.29) is 0 Å². The minimum atomic E-state index is -3.55. The van der Waals surface area contributed by atoms with E-state index < -0.39 is 10.0 Å². The molecule has 4 nitrogen and oxygen atoms in total. The third-order valence-electron chi connectivity index (χ3n) is 4.42. The zero-order valence-electron chi connectivity index (χ0n) is 15.7. The van der Waals surface area contributed by atoms with Crippen LogP contribution in [0.5, 0.6) is 0 Å². The van der Waals surface area contributed by atoms with Gasteiger partial charge in [0, 0.05) is 29.5 Å². The van der Waals surface area contributed by atoms with Crippen molar-refractivity contribution in [1.82, 2.24) is 9.62 Å². The number of nitrogens with one attached hydrogen (secondary N) is 1. The number of halogens is 1. The maximum Gasteiger partial charge on any atom is 0.241 e. The van der Waals surface area contributed by atoms with Gasteiger partial charge in [-0.25, -0.2) is 13.1 Å². The average molecular weight is 459 g/mol. The monoisotopic (exact) mass is 458 g/mol. The third-order valence-corrected chi connectivity index (χ3v) is 6.47. The Balaban J connectivity index is 1.54. The molecular weight excluding hydrogens is 436 g/mol. The van der Waals surface area contributed by atoms with E-state index in [1.807, 2.05) is 61.6 Å². The molecule has 3 aromatic carbocycles. The number of hydrogen-bond acceptors (Lipinski definition) is 3. The van der Waals surface area contributed by atoms with Crippen LogP contribution in [-0.2, 0) is 10.0 Å². The Morgan fingerprint density at radius 3 is 2.50 bits per heavy atom. The largest absolute Gasteiger partial charge is 0.301 e. The molecule has 0 atom stereocenters. The van der Waals surface area contributed by atoms with Crippen LogP contribution in [0.25, 0.3) is 16.8 Å². The number of fused-ring (bicyclic) bond motifs is 1. The predicted molar refractivity (Wildman–Crippen MR) is 120 cm³/mol. The first kappa shape index (κ1) is 20.7. The Kier molecular flexibility index (Phi) is 7.02. The summed E-state index contributed by atoms with van der Waals surface area (Å²) in [5.74, 6) is 0. The fourth-order valence-corrected chi connectivity index (χ4v) is 4.43. The van der Waals surface area contributed by atoms with Gasteiger partial charge in [0.25, 0.3) is 0 Å². The summed E-state index contributed by atoms with van der Waals surface area (Å²) in [4.78, 5) is 2.39. The third kappa shape index (κ3) is 5.52. The van der Waals surface area contributed by atoms with Gasteiger partial charge in [0.1, 0.15) is 0 Å². The van der Waals surface area contributed by atoms with Crippen molar-refractivity contribution in [2.75, 3.05) is 26.7 Å². The average Bonchev–Trinajstić information content (AvgIpc) is 2.69. The van der Waals surface area contributed by atoms with E-state index >= 15 is 0 Å². The molecule has 0 unspecified atom stereocenters. The molecule has 1 N–H and O–H groups in total. The van der Waals surface area contributed by atoms with Crippen molar-refractivity contribution in [1.29, 1.82) is 0 Å². The van der Waals surface area contributed by atoms with Gasteiger partial charge in [-0.2, -0.15) is 0 Å². The van der Waals surface area contributed by atoms with E-state index in [2.05, 4.69) is 37.7 Å². The molecule has 0 amide bonds. The second-order valence-corrected chi connectivity index (χ2v) is 9.24. The minimum absolute atomic E-state index is 0.323. The van der Waals surface area contributed by atoms with Crippen LogP contribution in [0, 0.1) is 0 Å². The van der Waals surface area contributed by atoms with Gasteiger partial charge in [0.05, 0.1) is 4.90 Å². The minimum Gasteiger partial charge on any atom is -0.301 e. The topological polar surface area (TPSA) is 49.4 Å². The lowest BCUT2D eigenvalue weighted by molar-refractivity contribution is 0.375. The van der Waals surface area contributed by atoms with Crippen LogP contribution in [0.3, 0.4) is 0 Å². The molecule has 0 spiro atoms. The van der Waals surface area contributed by atoms with Crippen LogP contribution in [0.1, 0.15) is 5.56 Å². The highest BCUT2D eigenvalue weighted by molar-refractivity contribution is 9.10. The van der Waals surface area contributed by atoms with Gasteiger partial charge in [-0.05, 0) is 36.2 Å². The van der Waals surface area contributed by atoms with Gasteiger partial charge in [-0.3, -0.25) is 0 Å². The van der Waals surface area contributed by atoms with Crippen LogP contribution in [-0.4, -0.2) is 40.0 Å². The molecule has 28 heavy (non-hydrogen) atoms. The van der Waals surface area contributed by atoms with Gasteiger partial charge in [0.2, 0.25) is 10.0 Å². The number of hydrogen-bond donors (Lipinski definition) is 1. The van der Waals surface area contributed by atoms with Gasteiger partial charge in [-0.15, -0.1) is 0 Å². The van der Waals surface area contributed by atoms with Crippen molar-refractivity contribution in [3.8, 4) is 0 Å². The Bertz CT molecular complexity index is 1060. The van der Waals surface area contributed by atoms with Crippen molar-refractivity contribution < 1.29 is 8.42 Å². The van der Waals surface area contributed by atoms with Crippen molar-refractivity contribution >= 4 is 42.8 Å². The quantitative estimate of drug-likeness (QED) is 0.539. The van der Waals surface area contributed by atoms with E-state index in [0.717, 1.165) is 27.4 Å². The number of likely N-dealkylation sites (N-methyl/N-ethyl adjacent to an activating group) is 1. The molecule has 0 fully saturated rings. The summed E-state index contributed by atoms with van der Waals surface area (Å²) in [6.07, 6.45) is 4.13. The molecule has 3 rings (SSSR count). The van der Waals surface area contributed by atoms with Gasteiger partial charge < -0.3 is 4.90 Å². The summed E-state index contributed by atoms with van der Waals surface area (Å²) in [5, 5.41) is 1.66. The Labute approximate surface area is 175 Å². The highest BCUT2D eigenvalue weighted by Crippen LogP contribution is 2.22. The Hall–Kier alpha value is -1.99. The smallest absolute Gasteiger partial charge is 0.241 e. The van der Waals surface area contributed by atoms with Crippen LogP contribution >= 0.6 is 15.9 Å². The lowest BCUT2D eigenvalue weighted by Crippen LogP contribution is -2.33. The first-order chi connectivity index (χ1) is 13.5. The molecule has 0 aliphatic rings. The van der Waals surface area contributed by atoms with Gasteiger partial charge in [-0.1, -0.05) is 76.6 Å². The molecular formula is C22H23BrN2O2S. The molecule has 0 aliphatic carbocycles. The highest BCUT2D eigenvalue weighted by atomic mass is 79.9. The number of nitrogens with zero attached hydrogens (tertiary/aromatic N) is 1. The number of sulfonamides is 1. The predicted octanol–water partition coefficient (Wildman–Crippen LogP) is 4.53. The molecule has 0 saturated heterocycles. The molecule has 0 aliphatic heterocycles. The summed E-state index contributed by atoms with van der Waals surface area (Å²) in [6.45, 7) is 1.72. The number of rotatable bonds is 8. The molecule has 0 aromatic heterocycles. The summed E-state index contributed by atoms with van der Waals surface area (Å²) in [5.41, 5.74) is 1.13. The summed E-state index contributed by atoms with van der Waals surface area (Å²) in [6, 6.07) is 20.9. The van der Waals surface area contributed by atoms with Crippen LogP contribution in [0.4, 0.5) is 0 Å². The van der Waals surface area contributed by atoms with E-state index in [1.54, 1.807) is 12.1 Å². The van der Waals surface area contributed by atoms with Crippen molar-refractivity contribution in [3.05, 3.63) is 82.8 Å². The lowest BCUT2D eigenvalue weighted by atomic mass is 10.1. The van der Waals surface area contributed by atoms with Crippen LogP contribution < -0.4 is 4.72 Å². The molecule has 0 heterocycles. The zero-order valence-corrected chi connectivity index (χ0v) is 18.1. The molecule has 0 bridgehead atoms. The van der Waals surface area contributed by atoms with Gasteiger partial charge >= 0.3 is 0 Å². The van der Waals surface area contributed by atoms with E-state index in [9.17, 15) is 8.42 Å². The molecule has 146 valence electrons. The lowest BCUT2D eigenvalue weighted by Gasteiger charge is -2.15. The maximum absolute atomic E-state index is 12.7. The highest BCUT2D eigenvalue weighted by Gasteiger charge is 2.16. The van der Waals surface area contributed by atoms with E-state index in [0.29, 0.717) is 18.0 Å². The number of benzene rings is 3. The first-order valence-corrected chi connectivity index (χ1v) is 11.3. The molecule has 6 heteroatoms. The first-order valence-electron chi connectivity index (χ1n) is 9.04. The van der Waals surface area contributed by atoms with Crippen molar-refractivity contribution in [2.24, 2.45) is 0 Å². The normalized spacial score (nSPS) is 12.2. The van der Waals surface area contributed by atoms with E-state index in [1.165, 1.54) is 0 Å². The SMILES string of the molecule is CN(C/C=C/c1ccc(Br)cc1)CCNS(=O)(=O)c1cccc2ccccc12. The fraction of sp³-hybridized carbons (Fsp3) is 0.182. The fourth-order valence-electron chi connectivity index (χ4n) is 2.91. The van der Waals surface area contributed by atoms with E-state index in [4.69, 9.17) is 0 Å². The van der Waals surface area contributed by atoms with Crippen LogP contribution in [0.2, 0.25) is 0 Å². The molecule has 0 radical (unpaired) electrons. The standard InChI is InChI=1S/C22H23BrN2O2S/c1-25(16-5-6-18-11-13-20(23)14-12-18)17-15-24-28(26,27)22-10-4-8-19-7-2-3-9-21(19)22/h2-14,24H,15-17H2,1H3/b6-5+. The summed E-state index contributed by atoms with van der Waals surface area (Å²) >= 11 is 3.42. The van der Waals surface area contributed by atoms with Crippen molar-refractivity contribution in [3.63, 3.8) is 0 Å². The van der Waals surface area contributed by atoms with Crippen molar-refractivity contribution in [2.45, 2.75) is 4.90 Å². The van der Waals surface area contributed by atoms with Gasteiger partial charge in [0.15, 0.2) is 0 Å².